The Morgan fingerprint density at radius 3 is 2.62 bits per heavy atom. The van der Waals surface area contributed by atoms with Crippen LogP contribution in [0.5, 0.6) is 0 Å². The lowest BCUT2D eigenvalue weighted by molar-refractivity contribution is 0.259. The molecule has 0 radical (unpaired) electrons. The molecule has 0 unspecified atom stereocenters. The summed E-state index contributed by atoms with van der Waals surface area (Å²) in [6, 6.07) is 6.72. The maximum atomic E-state index is 10.7. The van der Waals surface area contributed by atoms with Crippen LogP contribution in [0.3, 0.4) is 0 Å². The molecule has 2 amide bonds. The second-order valence-corrected chi connectivity index (χ2v) is 3.20. The molecule has 5 nitrogen and oxygen atoms in total. The predicted molar refractivity (Wildman–Crippen MR) is 60.7 cm³/mol. The zero-order chi connectivity index (χ0) is 11.4. The Morgan fingerprint density at radius 1 is 1.19 bits per heavy atom. The number of nitrogens with one attached hydrogen (secondary N) is 1. The molecule has 5 heteroatoms. The molecule has 0 aliphatic heterocycles. The second-order valence-electron chi connectivity index (χ2n) is 3.20. The first-order valence-electron chi connectivity index (χ1n) is 4.67. The summed E-state index contributed by atoms with van der Waals surface area (Å²) in [6.45, 7) is 0. The van der Waals surface area contributed by atoms with E-state index in [4.69, 9.17) is 5.73 Å². The number of carbonyl (C=O) groups is 1. The minimum atomic E-state index is -0.582. The highest BCUT2D eigenvalue weighted by molar-refractivity contribution is 5.88. The summed E-state index contributed by atoms with van der Waals surface area (Å²) in [5.41, 5.74) is 7.49. The number of urea groups is 1. The molecule has 2 rings (SSSR count). The number of hydrogen-bond acceptors (Lipinski definition) is 3. The molecule has 1 heterocycles. The maximum Gasteiger partial charge on any atom is 0.316 e. The Balaban J connectivity index is 2.33. The van der Waals surface area contributed by atoms with Gasteiger partial charge in [-0.2, -0.15) is 0 Å². The molecule has 0 bridgehead atoms. The SMILES string of the molecule is NC(=O)Nc1cccc(-c2cncnc2)c1. The molecule has 0 saturated heterocycles. The zero-order valence-corrected chi connectivity index (χ0v) is 8.42. The van der Waals surface area contributed by atoms with E-state index in [0.29, 0.717) is 5.69 Å². The Morgan fingerprint density at radius 2 is 1.94 bits per heavy atom. The maximum absolute atomic E-state index is 10.7. The fraction of sp³-hybridized carbons (Fsp3) is 0. The van der Waals surface area contributed by atoms with Crippen LogP contribution in [0.1, 0.15) is 0 Å². The number of primary amides is 1. The van der Waals surface area contributed by atoms with E-state index < -0.39 is 6.03 Å². The monoisotopic (exact) mass is 214 g/mol. The number of hydrogen-bond donors (Lipinski definition) is 2. The highest BCUT2D eigenvalue weighted by atomic mass is 16.2. The van der Waals surface area contributed by atoms with E-state index in [1.807, 2.05) is 18.2 Å². The van der Waals surface area contributed by atoms with E-state index in [1.165, 1.54) is 6.33 Å². The van der Waals surface area contributed by atoms with E-state index in [9.17, 15) is 4.79 Å². The summed E-state index contributed by atoms with van der Waals surface area (Å²) < 4.78 is 0. The number of amides is 2. The predicted octanol–water partition coefficient (Wildman–Crippen LogP) is 1.63. The van der Waals surface area contributed by atoms with Crippen LogP contribution in [0, 0.1) is 0 Å². The van der Waals surface area contributed by atoms with Gasteiger partial charge in [-0.1, -0.05) is 12.1 Å². The highest BCUT2D eigenvalue weighted by Gasteiger charge is 2.00. The number of nitrogens with two attached hydrogens (primary N) is 1. The first-order valence-corrected chi connectivity index (χ1v) is 4.67. The van der Waals surface area contributed by atoms with Crippen molar-refractivity contribution in [1.29, 1.82) is 0 Å². The number of benzene rings is 1. The molecule has 0 saturated carbocycles. The number of nitrogens with zero attached hydrogens (tertiary/aromatic N) is 2. The minimum absolute atomic E-state index is 0.582. The Hall–Kier alpha value is -2.43. The van der Waals surface area contributed by atoms with Gasteiger partial charge < -0.3 is 11.1 Å². The molecule has 1 aromatic carbocycles. The summed E-state index contributed by atoms with van der Waals surface area (Å²) in [4.78, 5) is 18.6. The van der Waals surface area contributed by atoms with Crippen LogP contribution in [-0.2, 0) is 0 Å². The molecule has 1 aromatic heterocycles. The molecule has 0 fully saturated rings. The fourth-order valence-corrected chi connectivity index (χ4v) is 1.37. The van der Waals surface area contributed by atoms with Crippen molar-refractivity contribution in [3.63, 3.8) is 0 Å². The van der Waals surface area contributed by atoms with E-state index in [0.717, 1.165) is 11.1 Å². The largest absolute Gasteiger partial charge is 0.351 e. The van der Waals surface area contributed by atoms with Gasteiger partial charge in [-0.3, -0.25) is 0 Å². The van der Waals surface area contributed by atoms with Crippen molar-refractivity contribution in [2.75, 3.05) is 5.32 Å². The van der Waals surface area contributed by atoms with Gasteiger partial charge in [0.2, 0.25) is 0 Å². The Labute approximate surface area is 92.3 Å². The van der Waals surface area contributed by atoms with Crippen molar-refractivity contribution < 1.29 is 4.79 Å². The summed E-state index contributed by atoms with van der Waals surface area (Å²) in [5.74, 6) is 0. The van der Waals surface area contributed by atoms with Gasteiger partial charge in [-0.25, -0.2) is 14.8 Å². The molecule has 0 aliphatic rings. The number of aromatic nitrogens is 2. The molecule has 2 aromatic rings. The second kappa shape index (κ2) is 4.39. The molecule has 0 spiro atoms. The lowest BCUT2D eigenvalue weighted by atomic mass is 10.1. The third-order valence-electron chi connectivity index (χ3n) is 2.02. The van der Waals surface area contributed by atoms with Crippen molar-refractivity contribution >= 4 is 11.7 Å². The van der Waals surface area contributed by atoms with Crippen LogP contribution in [0.2, 0.25) is 0 Å². The van der Waals surface area contributed by atoms with Gasteiger partial charge >= 0.3 is 6.03 Å². The third kappa shape index (κ3) is 2.33. The summed E-state index contributed by atoms with van der Waals surface area (Å²) in [7, 11) is 0. The van der Waals surface area contributed by atoms with Crippen molar-refractivity contribution in [2.24, 2.45) is 5.73 Å². The van der Waals surface area contributed by atoms with Crippen molar-refractivity contribution in [3.05, 3.63) is 43.0 Å². The van der Waals surface area contributed by atoms with E-state index in [-0.39, 0.29) is 0 Å². The average Bonchev–Trinajstić information content (AvgIpc) is 2.30. The van der Waals surface area contributed by atoms with Crippen LogP contribution >= 0.6 is 0 Å². The van der Waals surface area contributed by atoms with Gasteiger partial charge in [0.25, 0.3) is 0 Å². The molecular weight excluding hydrogens is 204 g/mol. The first-order chi connectivity index (χ1) is 7.75. The number of rotatable bonds is 2. The van der Waals surface area contributed by atoms with Crippen LogP contribution in [0.15, 0.2) is 43.0 Å². The lowest BCUT2D eigenvalue weighted by Gasteiger charge is -2.04. The third-order valence-corrected chi connectivity index (χ3v) is 2.02. The van der Waals surface area contributed by atoms with Crippen molar-refractivity contribution in [3.8, 4) is 11.1 Å². The molecule has 0 atom stereocenters. The van der Waals surface area contributed by atoms with Crippen molar-refractivity contribution in [2.45, 2.75) is 0 Å². The number of anilines is 1. The van der Waals surface area contributed by atoms with Gasteiger partial charge in [0, 0.05) is 23.6 Å². The van der Waals surface area contributed by atoms with Crippen molar-refractivity contribution in [1.82, 2.24) is 9.97 Å². The fourth-order valence-electron chi connectivity index (χ4n) is 1.37. The van der Waals surface area contributed by atoms with Gasteiger partial charge in [-0.15, -0.1) is 0 Å². The van der Waals surface area contributed by atoms with E-state index in [1.54, 1.807) is 18.5 Å². The van der Waals surface area contributed by atoms with Crippen LogP contribution < -0.4 is 11.1 Å². The van der Waals surface area contributed by atoms with E-state index >= 15 is 0 Å². The first kappa shape index (κ1) is 10.1. The smallest absolute Gasteiger partial charge is 0.316 e. The summed E-state index contributed by atoms with van der Waals surface area (Å²) in [6.07, 6.45) is 4.88. The normalized spacial score (nSPS) is 9.75. The van der Waals surface area contributed by atoms with Gasteiger partial charge in [0.05, 0.1) is 0 Å². The lowest BCUT2D eigenvalue weighted by Crippen LogP contribution is -2.19. The zero-order valence-electron chi connectivity index (χ0n) is 8.42. The molecule has 16 heavy (non-hydrogen) atoms. The summed E-state index contributed by atoms with van der Waals surface area (Å²) in [5, 5.41) is 2.51. The Kier molecular flexibility index (Phi) is 2.77. The van der Waals surface area contributed by atoms with Gasteiger partial charge in [0.1, 0.15) is 6.33 Å². The van der Waals surface area contributed by atoms with E-state index in [2.05, 4.69) is 15.3 Å². The topological polar surface area (TPSA) is 80.9 Å². The Bertz CT molecular complexity index is 498. The number of carbonyl (C=O) groups excluding carboxylic acids is 1. The standard InChI is InChI=1S/C11H10N4O/c12-11(16)15-10-3-1-2-8(4-10)9-5-13-7-14-6-9/h1-7H,(H3,12,15,16). The van der Waals surface area contributed by atoms with Gasteiger partial charge in [0.15, 0.2) is 0 Å². The van der Waals surface area contributed by atoms with Crippen LogP contribution in [-0.4, -0.2) is 16.0 Å². The molecular formula is C11H10N4O. The molecule has 0 aliphatic carbocycles. The van der Waals surface area contributed by atoms with Crippen LogP contribution in [0.4, 0.5) is 10.5 Å². The highest BCUT2D eigenvalue weighted by Crippen LogP contribution is 2.20. The van der Waals surface area contributed by atoms with Crippen LogP contribution in [0.25, 0.3) is 11.1 Å². The molecule has 3 N–H and O–H groups in total. The summed E-state index contributed by atoms with van der Waals surface area (Å²) >= 11 is 0. The van der Waals surface area contributed by atoms with Gasteiger partial charge in [-0.05, 0) is 17.7 Å². The average molecular weight is 214 g/mol. The minimum Gasteiger partial charge on any atom is -0.351 e. The molecule has 80 valence electrons. The quantitative estimate of drug-likeness (QED) is 0.797.